The summed E-state index contributed by atoms with van der Waals surface area (Å²) < 4.78 is 31.4. The summed E-state index contributed by atoms with van der Waals surface area (Å²) in [6, 6.07) is 9.02. The molecule has 2 aliphatic rings. The maximum absolute atomic E-state index is 13.3. The number of fused-ring (bicyclic) bond motifs is 3. The second-order valence-corrected chi connectivity index (χ2v) is 11.9. The van der Waals surface area contributed by atoms with Gasteiger partial charge in [0.25, 0.3) is 5.91 Å². The zero-order valence-corrected chi connectivity index (χ0v) is 22.4. The van der Waals surface area contributed by atoms with Crippen LogP contribution >= 0.6 is 0 Å². The molecular formula is C27H32N4O5S. The van der Waals surface area contributed by atoms with Crippen LogP contribution in [0.5, 0.6) is 0 Å². The molecule has 2 aliphatic heterocycles. The van der Waals surface area contributed by atoms with E-state index in [4.69, 9.17) is 4.42 Å². The molecule has 1 amide bonds. The summed E-state index contributed by atoms with van der Waals surface area (Å²) in [7, 11) is -1.30. The third kappa shape index (κ3) is 4.95. The molecule has 0 bridgehead atoms. The zero-order chi connectivity index (χ0) is 26.5. The van der Waals surface area contributed by atoms with Gasteiger partial charge in [-0.1, -0.05) is 0 Å². The minimum absolute atomic E-state index is 0.175. The number of rotatable bonds is 4. The highest BCUT2D eigenvalue weighted by molar-refractivity contribution is 7.92. The van der Waals surface area contributed by atoms with Gasteiger partial charge >= 0.3 is 5.63 Å². The Bertz CT molecular complexity index is 1560. The van der Waals surface area contributed by atoms with Crippen molar-refractivity contribution in [2.75, 3.05) is 55.6 Å². The van der Waals surface area contributed by atoms with Gasteiger partial charge in [-0.3, -0.25) is 9.52 Å². The normalized spacial score (nSPS) is 16.6. The molecule has 10 heteroatoms. The highest BCUT2D eigenvalue weighted by atomic mass is 32.2. The molecular weight excluding hydrogens is 492 g/mol. The first kappa shape index (κ1) is 25.3. The summed E-state index contributed by atoms with van der Waals surface area (Å²) >= 11 is 0. The Morgan fingerprint density at radius 2 is 1.73 bits per heavy atom. The summed E-state index contributed by atoms with van der Waals surface area (Å²) in [6.45, 7) is 8.25. The molecule has 0 saturated carbocycles. The van der Waals surface area contributed by atoms with Gasteiger partial charge in [-0.25, -0.2) is 13.2 Å². The first-order valence-corrected chi connectivity index (χ1v) is 14.3. The van der Waals surface area contributed by atoms with Crippen molar-refractivity contribution >= 4 is 38.3 Å². The van der Waals surface area contributed by atoms with Gasteiger partial charge in [0.05, 0.1) is 24.1 Å². The molecule has 0 aliphatic carbocycles. The molecule has 37 heavy (non-hydrogen) atoms. The van der Waals surface area contributed by atoms with Crippen LogP contribution in [0.15, 0.2) is 39.5 Å². The second kappa shape index (κ2) is 9.50. The van der Waals surface area contributed by atoms with Crippen LogP contribution in [-0.4, -0.2) is 70.2 Å². The zero-order valence-electron chi connectivity index (χ0n) is 21.6. The first-order chi connectivity index (χ1) is 17.5. The number of sulfonamides is 1. The number of carbonyl (C=O) groups is 1. The van der Waals surface area contributed by atoms with Crippen LogP contribution in [-0.2, 0) is 23.0 Å². The van der Waals surface area contributed by atoms with Gasteiger partial charge < -0.3 is 19.1 Å². The molecule has 0 spiro atoms. The van der Waals surface area contributed by atoms with Crippen molar-refractivity contribution in [1.82, 2.24) is 9.80 Å². The highest BCUT2D eigenvalue weighted by Gasteiger charge is 2.28. The maximum atomic E-state index is 13.3. The number of carbonyl (C=O) groups excluding carboxylic acids is 1. The molecule has 1 fully saturated rings. The van der Waals surface area contributed by atoms with Gasteiger partial charge in [-0.05, 0) is 68.8 Å². The third-order valence-corrected chi connectivity index (χ3v) is 7.98. The molecule has 3 heterocycles. The molecule has 1 aromatic heterocycles. The average molecular weight is 525 g/mol. The van der Waals surface area contributed by atoms with Gasteiger partial charge in [-0.15, -0.1) is 0 Å². The van der Waals surface area contributed by atoms with Gasteiger partial charge in [0.1, 0.15) is 5.58 Å². The van der Waals surface area contributed by atoms with Crippen molar-refractivity contribution in [3.8, 4) is 0 Å². The Morgan fingerprint density at radius 1 is 1.00 bits per heavy atom. The van der Waals surface area contributed by atoms with Crippen molar-refractivity contribution in [1.29, 1.82) is 0 Å². The van der Waals surface area contributed by atoms with E-state index in [0.29, 0.717) is 40.9 Å². The standard InChI is InChI=1S/C27H32N4O5S/c1-17-15-19(5-7-23(17)28-37(4,34)35)26(32)31-10-9-20-21-6-8-24(30-13-11-29(3)12-14-30)18(2)25(21)36-27(33)22(20)16-31/h5-8,15,28H,9-14,16H2,1-4H3. The Hall–Kier alpha value is -3.37. The Kier molecular flexibility index (Phi) is 6.49. The number of likely N-dealkylation sites (N-methyl/N-ethyl adjacent to an activating group) is 1. The second-order valence-electron chi connectivity index (χ2n) is 10.1. The molecule has 3 aromatic rings. The minimum atomic E-state index is -3.42. The van der Waals surface area contributed by atoms with Crippen LogP contribution < -0.4 is 15.2 Å². The van der Waals surface area contributed by atoms with Gasteiger partial charge in [0.2, 0.25) is 10.0 Å². The van der Waals surface area contributed by atoms with Crippen molar-refractivity contribution < 1.29 is 17.6 Å². The van der Waals surface area contributed by atoms with Crippen LogP contribution in [0.25, 0.3) is 11.0 Å². The smallest absolute Gasteiger partial charge is 0.341 e. The fourth-order valence-electron chi connectivity index (χ4n) is 5.31. The summed E-state index contributed by atoms with van der Waals surface area (Å²) in [6.07, 6.45) is 1.64. The Morgan fingerprint density at radius 3 is 2.41 bits per heavy atom. The minimum Gasteiger partial charge on any atom is -0.422 e. The van der Waals surface area contributed by atoms with E-state index in [9.17, 15) is 18.0 Å². The van der Waals surface area contributed by atoms with Crippen LogP contribution in [0.2, 0.25) is 0 Å². The van der Waals surface area contributed by atoms with Gasteiger partial charge in [0.15, 0.2) is 0 Å². The van der Waals surface area contributed by atoms with Crippen molar-refractivity contribution in [2.45, 2.75) is 26.8 Å². The first-order valence-electron chi connectivity index (χ1n) is 12.4. The number of anilines is 2. The quantitative estimate of drug-likeness (QED) is 0.524. The van der Waals surface area contributed by atoms with E-state index in [1.165, 1.54) is 0 Å². The summed E-state index contributed by atoms with van der Waals surface area (Å²) in [5.74, 6) is -0.208. The molecule has 0 radical (unpaired) electrons. The summed E-state index contributed by atoms with van der Waals surface area (Å²) in [5, 5.41) is 0.934. The van der Waals surface area contributed by atoms with Gasteiger partial charge in [-0.2, -0.15) is 0 Å². The van der Waals surface area contributed by atoms with E-state index >= 15 is 0 Å². The van der Waals surface area contributed by atoms with Crippen LogP contribution in [0.1, 0.15) is 32.6 Å². The van der Waals surface area contributed by atoms with E-state index in [1.807, 2.05) is 13.0 Å². The topological polar surface area (TPSA) is 103 Å². The molecule has 1 N–H and O–H groups in total. The van der Waals surface area contributed by atoms with Crippen molar-refractivity contribution in [3.05, 3.63) is 68.6 Å². The fourth-order valence-corrected chi connectivity index (χ4v) is 5.94. The van der Waals surface area contributed by atoms with Crippen LogP contribution in [0.4, 0.5) is 11.4 Å². The monoisotopic (exact) mass is 524 g/mol. The number of hydrogen-bond acceptors (Lipinski definition) is 7. The summed E-state index contributed by atoms with van der Waals surface area (Å²) in [4.78, 5) is 32.7. The molecule has 196 valence electrons. The van der Waals surface area contributed by atoms with E-state index in [0.717, 1.165) is 54.6 Å². The molecule has 9 nitrogen and oxygen atoms in total. The predicted molar refractivity (Wildman–Crippen MR) is 145 cm³/mol. The fraction of sp³-hybridized carbons (Fsp3) is 0.407. The van der Waals surface area contributed by atoms with E-state index < -0.39 is 15.6 Å². The number of aryl methyl sites for hydroxylation is 2. The lowest BCUT2D eigenvalue weighted by Gasteiger charge is -2.35. The molecule has 0 unspecified atom stereocenters. The SMILES string of the molecule is Cc1cc(C(=O)N2CCc3c(c(=O)oc4c(C)c(N5CCN(C)CC5)ccc34)C2)ccc1NS(C)(=O)=O. The number of benzene rings is 2. The molecule has 1 saturated heterocycles. The van der Waals surface area contributed by atoms with Crippen molar-refractivity contribution in [2.24, 2.45) is 0 Å². The number of hydrogen-bond donors (Lipinski definition) is 1. The molecule has 2 aromatic carbocycles. The van der Waals surface area contributed by atoms with E-state index in [-0.39, 0.29) is 12.5 Å². The van der Waals surface area contributed by atoms with Gasteiger partial charge in [0, 0.05) is 54.9 Å². The third-order valence-electron chi connectivity index (χ3n) is 7.39. The highest BCUT2D eigenvalue weighted by Crippen LogP contribution is 2.33. The van der Waals surface area contributed by atoms with Crippen LogP contribution in [0.3, 0.4) is 0 Å². The lowest BCUT2D eigenvalue weighted by molar-refractivity contribution is 0.0733. The number of nitrogens with zero attached hydrogens (tertiary/aromatic N) is 3. The van der Waals surface area contributed by atoms with E-state index in [1.54, 1.807) is 30.0 Å². The lowest BCUT2D eigenvalue weighted by atomic mass is 9.95. The molecule has 5 rings (SSSR count). The number of piperazine rings is 1. The predicted octanol–water partition coefficient (Wildman–Crippen LogP) is 2.73. The lowest BCUT2D eigenvalue weighted by Crippen LogP contribution is -2.44. The number of nitrogens with one attached hydrogen (secondary N) is 1. The van der Waals surface area contributed by atoms with Crippen molar-refractivity contribution in [3.63, 3.8) is 0 Å². The maximum Gasteiger partial charge on any atom is 0.341 e. The van der Waals surface area contributed by atoms with Crippen LogP contribution in [0, 0.1) is 13.8 Å². The van der Waals surface area contributed by atoms with E-state index in [2.05, 4.69) is 27.6 Å². The summed E-state index contributed by atoms with van der Waals surface area (Å²) in [5.41, 5.74) is 5.29. The Balaban J connectivity index is 1.42. The number of amides is 1. The molecule has 0 atom stereocenters. The Labute approximate surface area is 216 Å². The average Bonchev–Trinajstić information content (AvgIpc) is 2.85. The largest absolute Gasteiger partial charge is 0.422 e.